The quantitative estimate of drug-likeness (QED) is 0.868. The lowest BCUT2D eigenvalue weighted by Gasteiger charge is -2.19. The van der Waals surface area contributed by atoms with Crippen LogP contribution in [0, 0.1) is 0 Å². The number of carbonyl (C=O) groups is 1. The van der Waals surface area contributed by atoms with Crippen molar-refractivity contribution in [1.29, 1.82) is 0 Å². The third-order valence-electron chi connectivity index (χ3n) is 4.01. The highest BCUT2D eigenvalue weighted by Gasteiger charge is 2.39. The molecule has 0 radical (unpaired) electrons. The van der Waals surface area contributed by atoms with Gasteiger partial charge in [0.2, 0.25) is 11.2 Å². The first-order valence-electron chi connectivity index (χ1n) is 7.00. The first-order chi connectivity index (χ1) is 10.4. The van der Waals surface area contributed by atoms with Crippen LogP contribution in [0.1, 0.15) is 30.7 Å². The molecule has 114 valence electrons. The predicted octanol–water partition coefficient (Wildman–Crippen LogP) is 3.80. The zero-order valence-corrected chi connectivity index (χ0v) is 13.8. The number of hydrogen-bond acceptors (Lipinski definition) is 3. The monoisotopic (exact) mass is 335 g/mol. The number of hydrogen-bond donors (Lipinski definition) is 1. The minimum atomic E-state index is -0.529. The van der Waals surface area contributed by atoms with Gasteiger partial charge in [-0.25, -0.2) is 9.97 Å². The van der Waals surface area contributed by atoms with Gasteiger partial charge in [-0.1, -0.05) is 23.7 Å². The summed E-state index contributed by atoms with van der Waals surface area (Å²) in [6.45, 7) is 3.87. The molecule has 0 atom stereocenters. The topological polar surface area (TPSA) is 54.9 Å². The molecule has 6 heteroatoms. The SMILES string of the molecule is CC1(C)C(=O)Nc2cccc(CCc3nc(Cl)ncc3Cl)c21. The maximum absolute atomic E-state index is 12.1. The zero-order valence-electron chi connectivity index (χ0n) is 12.3. The summed E-state index contributed by atoms with van der Waals surface area (Å²) in [5.74, 6) is 0.0260. The van der Waals surface area contributed by atoms with Crippen molar-refractivity contribution < 1.29 is 4.79 Å². The number of benzene rings is 1. The van der Waals surface area contributed by atoms with Crippen molar-refractivity contribution in [3.63, 3.8) is 0 Å². The number of aromatic nitrogens is 2. The maximum atomic E-state index is 12.1. The number of carbonyl (C=O) groups excluding carboxylic acids is 1. The second-order valence-corrected chi connectivity index (χ2v) is 6.60. The van der Waals surface area contributed by atoms with E-state index in [0.717, 1.165) is 23.2 Å². The molecule has 0 saturated carbocycles. The average molecular weight is 336 g/mol. The molecule has 0 fully saturated rings. The predicted molar refractivity (Wildman–Crippen MR) is 87.6 cm³/mol. The molecular formula is C16H15Cl2N3O. The highest BCUT2D eigenvalue weighted by Crippen LogP contribution is 2.40. The molecule has 4 nitrogen and oxygen atoms in total. The number of nitrogens with one attached hydrogen (secondary N) is 1. The van der Waals surface area contributed by atoms with Crippen molar-refractivity contribution in [2.24, 2.45) is 0 Å². The van der Waals surface area contributed by atoms with Gasteiger partial charge in [-0.3, -0.25) is 4.79 Å². The Balaban J connectivity index is 1.91. The summed E-state index contributed by atoms with van der Waals surface area (Å²) < 4.78 is 0. The largest absolute Gasteiger partial charge is 0.325 e. The van der Waals surface area contributed by atoms with Crippen molar-refractivity contribution >= 4 is 34.8 Å². The standard InChI is InChI=1S/C16H15Cl2N3O/c1-16(2)13-9(4-3-5-12(13)20-14(16)22)6-7-11-10(17)8-19-15(18)21-11/h3-5,8H,6-7H2,1-2H3,(H,20,22). The molecule has 1 aromatic heterocycles. The van der Waals surface area contributed by atoms with Gasteiger partial charge in [-0.05, 0) is 55.5 Å². The normalized spacial score (nSPS) is 15.5. The van der Waals surface area contributed by atoms with E-state index in [1.807, 2.05) is 32.0 Å². The van der Waals surface area contributed by atoms with Crippen LogP contribution in [-0.4, -0.2) is 15.9 Å². The summed E-state index contributed by atoms with van der Waals surface area (Å²) in [5, 5.41) is 3.63. The van der Waals surface area contributed by atoms with E-state index in [9.17, 15) is 4.79 Å². The van der Waals surface area contributed by atoms with E-state index < -0.39 is 5.41 Å². The number of anilines is 1. The van der Waals surface area contributed by atoms with Crippen LogP contribution >= 0.6 is 23.2 Å². The van der Waals surface area contributed by atoms with Crippen molar-refractivity contribution in [3.8, 4) is 0 Å². The highest BCUT2D eigenvalue weighted by molar-refractivity contribution is 6.31. The van der Waals surface area contributed by atoms with E-state index in [0.29, 0.717) is 17.1 Å². The lowest BCUT2D eigenvalue weighted by Crippen LogP contribution is -2.27. The maximum Gasteiger partial charge on any atom is 0.234 e. The molecule has 0 saturated heterocycles. The fourth-order valence-corrected chi connectivity index (χ4v) is 3.19. The molecule has 2 aromatic rings. The van der Waals surface area contributed by atoms with Crippen LogP contribution < -0.4 is 5.32 Å². The Morgan fingerprint density at radius 2 is 2.00 bits per heavy atom. The van der Waals surface area contributed by atoms with Gasteiger partial charge in [0.05, 0.1) is 22.3 Å². The Bertz CT molecular complexity index is 759. The van der Waals surface area contributed by atoms with Gasteiger partial charge in [0, 0.05) is 5.69 Å². The molecule has 1 aliphatic heterocycles. The average Bonchev–Trinajstić information content (AvgIpc) is 2.71. The summed E-state index contributed by atoms with van der Waals surface area (Å²) in [4.78, 5) is 20.1. The highest BCUT2D eigenvalue weighted by atomic mass is 35.5. The van der Waals surface area contributed by atoms with Crippen molar-refractivity contribution in [2.45, 2.75) is 32.1 Å². The summed E-state index contributed by atoms with van der Waals surface area (Å²) in [6, 6.07) is 5.92. The Hall–Kier alpha value is -1.65. The molecule has 0 bridgehead atoms. The van der Waals surface area contributed by atoms with Crippen LogP contribution in [0.4, 0.5) is 5.69 Å². The van der Waals surface area contributed by atoms with Gasteiger partial charge in [0.15, 0.2) is 0 Å². The molecule has 3 rings (SSSR count). The van der Waals surface area contributed by atoms with E-state index >= 15 is 0 Å². The smallest absolute Gasteiger partial charge is 0.234 e. The van der Waals surface area contributed by atoms with Crippen molar-refractivity contribution in [1.82, 2.24) is 9.97 Å². The Labute approximate surface area is 138 Å². The third kappa shape index (κ3) is 2.57. The molecule has 1 N–H and O–H groups in total. The van der Waals surface area contributed by atoms with Gasteiger partial charge in [-0.2, -0.15) is 0 Å². The second kappa shape index (κ2) is 5.52. The molecule has 0 aliphatic carbocycles. The van der Waals surface area contributed by atoms with Gasteiger partial charge >= 0.3 is 0 Å². The first kappa shape index (κ1) is 15.3. The number of amides is 1. The lowest BCUT2D eigenvalue weighted by molar-refractivity contribution is -0.119. The summed E-state index contributed by atoms with van der Waals surface area (Å²) in [5.41, 5.74) is 3.25. The van der Waals surface area contributed by atoms with Gasteiger partial charge in [-0.15, -0.1) is 0 Å². The zero-order chi connectivity index (χ0) is 15.9. The molecule has 2 heterocycles. The molecule has 0 unspecified atom stereocenters. The molecule has 0 spiro atoms. The van der Waals surface area contributed by atoms with E-state index in [1.54, 1.807) is 0 Å². The molecular weight excluding hydrogens is 321 g/mol. The van der Waals surface area contributed by atoms with E-state index in [4.69, 9.17) is 23.2 Å². The first-order valence-corrected chi connectivity index (χ1v) is 7.76. The Kier molecular flexibility index (Phi) is 3.83. The number of aryl methyl sites for hydroxylation is 2. The Morgan fingerprint density at radius 1 is 1.23 bits per heavy atom. The van der Waals surface area contributed by atoms with Crippen LogP contribution in [-0.2, 0) is 23.1 Å². The van der Waals surface area contributed by atoms with Gasteiger partial charge in [0.1, 0.15) is 0 Å². The van der Waals surface area contributed by atoms with Crippen LogP contribution in [0.15, 0.2) is 24.4 Å². The van der Waals surface area contributed by atoms with E-state index in [2.05, 4.69) is 15.3 Å². The fourth-order valence-electron chi connectivity index (χ4n) is 2.85. The van der Waals surface area contributed by atoms with Crippen molar-refractivity contribution in [2.75, 3.05) is 5.32 Å². The number of nitrogens with zero attached hydrogens (tertiary/aromatic N) is 2. The second-order valence-electron chi connectivity index (χ2n) is 5.85. The van der Waals surface area contributed by atoms with E-state index in [1.165, 1.54) is 6.20 Å². The molecule has 1 amide bonds. The van der Waals surface area contributed by atoms with Crippen LogP contribution in [0.3, 0.4) is 0 Å². The molecule has 1 aromatic carbocycles. The van der Waals surface area contributed by atoms with Crippen LogP contribution in [0.5, 0.6) is 0 Å². The molecule has 1 aliphatic rings. The minimum absolute atomic E-state index is 0.0260. The third-order valence-corrected chi connectivity index (χ3v) is 4.51. The van der Waals surface area contributed by atoms with Crippen LogP contribution in [0.2, 0.25) is 10.3 Å². The number of rotatable bonds is 3. The number of fused-ring (bicyclic) bond motifs is 1. The summed E-state index contributed by atoms with van der Waals surface area (Å²) in [6.07, 6.45) is 2.88. The van der Waals surface area contributed by atoms with Crippen LogP contribution in [0.25, 0.3) is 0 Å². The number of halogens is 2. The minimum Gasteiger partial charge on any atom is -0.325 e. The molecule has 22 heavy (non-hydrogen) atoms. The van der Waals surface area contributed by atoms with E-state index in [-0.39, 0.29) is 11.2 Å². The fraction of sp³-hybridized carbons (Fsp3) is 0.312. The summed E-state index contributed by atoms with van der Waals surface area (Å²) in [7, 11) is 0. The summed E-state index contributed by atoms with van der Waals surface area (Å²) >= 11 is 11.9. The Morgan fingerprint density at radius 3 is 2.77 bits per heavy atom. The lowest BCUT2D eigenvalue weighted by atomic mass is 9.82. The van der Waals surface area contributed by atoms with Gasteiger partial charge in [0.25, 0.3) is 0 Å². The van der Waals surface area contributed by atoms with Gasteiger partial charge < -0.3 is 5.32 Å². The van der Waals surface area contributed by atoms with Crippen molar-refractivity contribution in [3.05, 3.63) is 51.5 Å².